The third kappa shape index (κ3) is 1.80. The fourth-order valence-electron chi connectivity index (χ4n) is 3.92. The number of piperidine rings is 3. The van der Waals surface area contributed by atoms with E-state index < -0.39 is 0 Å². The van der Waals surface area contributed by atoms with E-state index in [4.69, 9.17) is 0 Å². The normalized spacial score (nSPS) is 30.1. The summed E-state index contributed by atoms with van der Waals surface area (Å²) in [6, 6.07) is 6.28. The van der Waals surface area contributed by atoms with Crippen LogP contribution in [0.3, 0.4) is 0 Å². The maximum Gasteiger partial charge on any atom is 0.0682 e. The van der Waals surface area contributed by atoms with Crippen LogP contribution in [-0.4, -0.2) is 34.6 Å². The topological polar surface area (TPSA) is 39.3 Å². The van der Waals surface area contributed by atoms with Gasteiger partial charge in [-0.3, -0.25) is 0 Å². The van der Waals surface area contributed by atoms with Gasteiger partial charge in [0, 0.05) is 29.6 Å². The van der Waals surface area contributed by atoms with Crippen LogP contribution in [-0.2, 0) is 6.61 Å². The molecule has 0 radical (unpaired) electrons. The van der Waals surface area contributed by atoms with E-state index in [-0.39, 0.29) is 6.61 Å². The van der Waals surface area contributed by atoms with Gasteiger partial charge in [-0.05, 0) is 49.0 Å². The number of aliphatic hydroxyl groups is 1. The SMILES string of the molecule is OCc1ccc2c(C3CN4CCC3CC4)c[nH]c2c1. The number of fused-ring (bicyclic) bond motifs is 4. The third-order valence-electron chi connectivity index (χ3n) is 5.02. The first-order valence-corrected chi connectivity index (χ1v) is 7.28. The molecule has 0 saturated carbocycles. The van der Waals surface area contributed by atoms with E-state index in [1.165, 1.54) is 43.4 Å². The van der Waals surface area contributed by atoms with Gasteiger partial charge < -0.3 is 15.0 Å². The van der Waals surface area contributed by atoms with Gasteiger partial charge in [0.2, 0.25) is 0 Å². The van der Waals surface area contributed by atoms with Gasteiger partial charge in [-0.1, -0.05) is 12.1 Å². The van der Waals surface area contributed by atoms with Crippen LogP contribution in [0.1, 0.15) is 29.9 Å². The summed E-state index contributed by atoms with van der Waals surface area (Å²) >= 11 is 0. The van der Waals surface area contributed by atoms with Crippen LogP contribution in [0.2, 0.25) is 0 Å². The molecule has 100 valence electrons. The quantitative estimate of drug-likeness (QED) is 0.866. The molecular formula is C16H20N2O. The molecule has 3 aliphatic heterocycles. The molecule has 0 aliphatic carbocycles. The van der Waals surface area contributed by atoms with Gasteiger partial charge in [0.05, 0.1) is 6.61 Å². The monoisotopic (exact) mass is 256 g/mol. The van der Waals surface area contributed by atoms with Gasteiger partial charge in [-0.2, -0.15) is 0 Å². The molecule has 3 saturated heterocycles. The predicted molar refractivity (Wildman–Crippen MR) is 76.1 cm³/mol. The molecule has 5 rings (SSSR count). The minimum atomic E-state index is 0.115. The minimum Gasteiger partial charge on any atom is -0.392 e. The zero-order valence-corrected chi connectivity index (χ0v) is 11.1. The van der Waals surface area contributed by atoms with E-state index in [0.29, 0.717) is 5.92 Å². The number of aliphatic hydroxyl groups excluding tert-OH is 1. The molecule has 2 bridgehead atoms. The Hall–Kier alpha value is -1.32. The molecular weight excluding hydrogens is 236 g/mol. The van der Waals surface area contributed by atoms with Crippen molar-refractivity contribution in [3.63, 3.8) is 0 Å². The highest BCUT2D eigenvalue weighted by Crippen LogP contribution is 2.41. The van der Waals surface area contributed by atoms with Crippen LogP contribution in [0.15, 0.2) is 24.4 Å². The largest absolute Gasteiger partial charge is 0.392 e. The molecule has 4 heterocycles. The second-order valence-corrected chi connectivity index (χ2v) is 6.03. The van der Waals surface area contributed by atoms with Crippen molar-refractivity contribution in [3.05, 3.63) is 35.5 Å². The van der Waals surface area contributed by atoms with E-state index >= 15 is 0 Å². The lowest BCUT2D eigenvalue weighted by Gasteiger charge is -2.44. The summed E-state index contributed by atoms with van der Waals surface area (Å²) in [6.07, 6.45) is 4.90. The van der Waals surface area contributed by atoms with Gasteiger partial charge in [0.15, 0.2) is 0 Å². The molecule has 3 heteroatoms. The highest BCUT2D eigenvalue weighted by molar-refractivity contribution is 5.84. The number of nitrogens with one attached hydrogen (secondary N) is 1. The van der Waals surface area contributed by atoms with Crippen LogP contribution in [0.25, 0.3) is 10.9 Å². The molecule has 1 unspecified atom stereocenters. The fraction of sp³-hybridized carbons (Fsp3) is 0.500. The Morgan fingerprint density at radius 2 is 2.11 bits per heavy atom. The minimum absolute atomic E-state index is 0.115. The molecule has 0 amide bonds. The number of hydrogen-bond donors (Lipinski definition) is 2. The number of aromatic amines is 1. The molecule has 3 fully saturated rings. The van der Waals surface area contributed by atoms with Crippen LogP contribution in [0, 0.1) is 5.92 Å². The lowest BCUT2D eigenvalue weighted by atomic mass is 9.75. The second-order valence-electron chi connectivity index (χ2n) is 6.03. The maximum atomic E-state index is 9.22. The Labute approximate surface area is 113 Å². The van der Waals surface area contributed by atoms with Gasteiger partial charge >= 0.3 is 0 Å². The molecule has 19 heavy (non-hydrogen) atoms. The zero-order chi connectivity index (χ0) is 12.8. The summed E-state index contributed by atoms with van der Waals surface area (Å²) in [7, 11) is 0. The molecule has 3 aliphatic rings. The second kappa shape index (κ2) is 4.36. The molecule has 3 nitrogen and oxygen atoms in total. The van der Waals surface area contributed by atoms with E-state index in [0.717, 1.165) is 17.0 Å². The first kappa shape index (κ1) is 11.5. The third-order valence-corrected chi connectivity index (χ3v) is 5.02. The molecule has 1 aromatic heterocycles. The van der Waals surface area contributed by atoms with Crippen LogP contribution in [0.5, 0.6) is 0 Å². The van der Waals surface area contributed by atoms with Crippen molar-refractivity contribution in [1.29, 1.82) is 0 Å². The lowest BCUT2D eigenvalue weighted by molar-refractivity contribution is 0.0876. The number of benzene rings is 1. The van der Waals surface area contributed by atoms with Gasteiger partial charge in [0.1, 0.15) is 0 Å². The average Bonchev–Trinajstić information content (AvgIpc) is 2.91. The fourth-order valence-corrected chi connectivity index (χ4v) is 3.92. The van der Waals surface area contributed by atoms with E-state index in [2.05, 4.69) is 28.2 Å². The Morgan fingerprint density at radius 3 is 2.79 bits per heavy atom. The van der Waals surface area contributed by atoms with Gasteiger partial charge in [-0.25, -0.2) is 0 Å². The molecule has 0 spiro atoms. The van der Waals surface area contributed by atoms with Gasteiger partial charge in [-0.15, -0.1) is 0 Å². The van der Waals surface area contributed by atoms with E-state index in [9.17, 15) is 5.11 Å². The number of rotatable bonds is 2. The van der Waals surface area contributed by atoms with Crippen molar-refractivity contribution in [3.8, 4) is 0 Å². The summed E-state index contributed by atoms with van der Waals surface area (Å²) in [6.45, 7) is 3.92. The first-order chi connectivity index (χ1) is 9.35. The summed E-state index contributed by atoms with van der Waals surface area (Å²) in [4.78, 5) is 5.99. The van der Waals surface area contributed by atoms with Crippen LogP contribution < -0.4 is 0 Å². The predicted octanol–water partition coefficient (Wildman–Crippen LogP) is 2.47. The van der Waals surface area contributed by atoms with Crippen molar-refractivity contribution >= 4 is 10.9 Å². The standard InChI is InChI=1S/C16H20N2O/c19-10-11-1-2-13-14(8-17-16(13)7-11)15-9-18-5-3-12(15)4-6-18/h1-2,7-8,12,15,17,19H,3-6,9-10H2. The lowest BCUT2D eigenvalue weighted by Crippen LogP contribution is -2.46. The molecule has 2 aromatic rings. The smallest absolute Gasteiger partial charge is 0.0682 e. The zero-order valence-electron chi connectivity index (χ0n) is 11.1. The number of nitrogens with zero attached hydrogens (tertiary/aromatic N) is 1. The van der Waals surface area contributed by atoms with Gasteiger partial charge in [0.25, 0.3) is 0 Å². The van der Waals surface area contributed by atoms with Crippen molar-refractivity contribution < 1.29 is 5.11 Å². The maximum absolute atomic E-state index is 9.22. The number of aromatic nitrogens is 1. The van der Waals surface area contributed by atoms with Crippen molar-refractivity contribution in [2.45, 2.75) is 25.4 Å². The Balaban J connectivity index is 1.75. The molecule has 2 N–H and O–H groups in total. The first-order valence-electron chi connectivity index (χ1n) is 7.28. The summed E-state index contributed by atoms with van der Waals surface area (Å²) in [5, 5.41) is 10.6. The van der Waals surface area contributed by atoms with Crippen LogP contribution >= 0.6 is 0 Å². The highest BCUT2D eigenvalue weighted by atomic mass is 16.3. The van der Waals surface area contributed by atoms with E-state index in [1.54, 1.807) is 0 Å². The van der Waals surface area contributed by atoms with E-state index in [1.807, 2.05) is 6.07 Å². The van der Waals surface area contributed by atoms with Crippen molar-refractivity contribution in [1.82, 2.24) is 9.88 Å². The summed E-state index contributed by atoms with van der Waals surface area (Å²) in [5.41, 5.74) is 3.63. The summed E-state index contributed by atoms with van der Waals surface area (Å²) in [5.74, 6) is 1.55. The Kier molecular flexibility index (Phi) is 2.64. The summed E-state index contributed by atoms with van der Waals surface area (Å²) < 4.78 is 0. The van der Waals surface area contributed by atoms with Crippen molar-refractivity contribution in [2.24, 2.45) is 5.92 Å². The van der Waals surface area contributed by atoms with Crippen molar-refractivity contribution in [2.75, 3.05) is 19.6 Å². The molecule has 1 atom stereocenters. The number of hydrogen-bond acceptors (Lipinski definition) is 2. The number of H-pyrrole nitrogens is 1. The molecule has 1 aromatic carbocycles. The average molecular weight is 256 g/mol. The van der Waals surface area contributed by atoms with Crippen LogP contribution in [0.4, 0.5) is 0 Å². The Bertz CT molecular complexity index is 596. The Morgan fingerprint density at radius 1 is 1.26 bits per heavy atom. The highest BCUT2D eigenvalue weighted by Gasteiger charge is 2.35.